The summed E-state index contributed by atoms with van der Waals surface area (Å²) in [6.07, 6.45) is 7.03. The molecule has 0 aromatic carbocycles. The van der Waals surface area contributed by atoms with Gasteiger partial charge in [0, 0.05) is 38.1 Å². The van der Waals surface area contributed by atoms with Crippen molar-refractivity contribution >= 4 is 10.0 Å². The fraction of sp³-hybridized carbons (Fsp3) is 0.667. The van der Waals surface area contributed by atoms with E-state index < -0.39 is 10.0 Å². The highest BCUT2D eigenvalue weighted by atomic mass is 32.2. The van der Waals surface area contributed by atoms with E-state index in [1.54, 1.807) is 16.7 Å². The van der Waals surface area contributed by atoms with E-state index in [0.29, 0.717) is 24.9 Å². The third kappa shape index (κ3) is 5.05. The van der Waals surface area contributed by atoms with Crippen molar-refractivity contribution in [2.75, 3.05) is 18.8 Å². The Kier molecular flexibility index (Phi) is 6.14. The molecule has 0 radical (unpaired) electrons. The van der Waals surface area contributed by atoms with Gasteiger partial charge >= 0.3 is 0 Å². The maximum atomic E-state index is 12.1. The van der Waals surface area contributed by atoms with Crippen LogP contribution in [0.25, 0.3) is 0 Å². The molecule has 2 heterocycles. The van der Waals surface area contributed by atoms with E-state index in [1.807, 2.05) is 19.1 Å². The van der Waals surface area contributed by atoms with Crippen molar-refractivity contribution in [3.63, 3.8) is 0 Å². The molecule has 5 nitrogen and oxygen atoms in total. The molecule has 21 heavy (non-hydrogen) atoms. The number of piperidine rings is 1. The monoisotopic (exact) mass is 311 g/mol. The Bertz CT molecular complexity index is 511. The fourth-order valence-corrected chi connectivity index (χ4v) is 4.24. The number of unbranched alkanes of at least 4 members (excludes halogenated alkanes) is 1. The Labute approximate surface area is 127 Å². The van der Waals surface area contributed by atoms with Crippen molar-refractivity contribution in [3.05, 3.63) is 30.1 Å². The standard InChI is InChI=1S/C15H25N3O2S/c1-2-3-12-21(19,20)18-10-6-15(7-11-18)17-13-14-4-8-16-9-5-14/h4-5,8-9,15,17H,2-3,6-7,10-13H2,1H3. The molecule has 0 spiro atoms. The first-order valence-corrected chi connectivity index (χ1v) is 9.33. The van der Waals surface area contributed by atoms with Gasteiger partial charge in [0.25, 0.3) is 0 Å². The van der Waals surface area contributed by atoms with E-state index >= 15 is 0 Å². The topological polar surface area (TPSA) is 62.3 Å². The van der Waals surface area contributed by atoms with Gasteiger partial charge in [-0.15, -0.1) is 0 Å². The van der Waals surface area contributed by atoms with Crippen LogP contribution in [0.4, 0.5) is 0 Å². The Hall–Kier alpha value is -0.980. The highest BCUT2D eigenvalue weighted by Crippen LogP contribution is 2.16. The van der Waals surface area contributed by atoms with Gasteiger partial charge in [0.05, 0.1) is 5.75 Å². The molecule has 1 aliphatic heterocycles. The highest BCUT2D eigenvalue weighted by Gasteiger charge is 2.27. The van der Waals surface area contributed by atoms with Gasteiger partial charge in [-0.2, -0.15) is 0 Å². The first kappa shape index (κ1) is 16.4. The SMILES string of the molecule is CCCCS(=O)(=O)N1CCC(NCc2ccncc2)CC1. The largest absolute Gasteiger partial charge is 0.310 e. The van der Waals surface area contributed by atoms with Crippen LogP contribution in [0, 0.1) is 0 Å². The number of nitrogens with zero attached hydrogens (tertiary/aromatic N) is 2. The van der Waals surface area contributed by atoms with E-state index in [4.69, 9.17) is 0 Å². The predicted molar refractivity (Wildman–Crippen MR) is 84.4 cm³/mol. The zero-order valence-electron chi connectivity index (χ0n) is 12.7. The number of nitrogens with one attached hydrogen (secondary N) is 1. The van der Waals surface area contributed by atoms with Crippen molar-refractivity contribution < 1.29 is 8.42 Å². The van der Waals surface area contributed by atoms with E-state index in [-0.39, 0.29) is 0 Å². The van der Waals surface area contributed by atoms with Crippen molar-refractivity contribution in [1.29, 1.82) is 0 Å². The lowest BCUT2D eigenvalue weighted by molar-refractivity contribution is 0.288. The van der Waals surface area contributed by atoms with Gasteiger partial charge in [-0.3, -0.25) is 4.98 Å². The summed E-state index contributed by atoms with van der Waals surface area (Å²) >= 11 is 0. The Morgan fingerprint density at radius 3 is 2.57 bits per heavy atom. The Morgan fingerprint density at radius 2 is 1.95 bits per heavy atom. The van der Waals surface area contributed by atoms with Gasteiger partial charge in [0.2, 0.25) is 10.0 Å². The first-order valence-electron chi connectivity index (χ1n) is 7.72. The summed E-state index contributed by atoms with van der Waals surface area (Å²) in [5.74, 6) is 0.290. The molecule has 0 unspecified atom stereocenters. The molecule has 1 aromatic rings. The lowest BCUT2D eigenvalue weighted by Crippen LogP contribution is -2.45. The Morgan fingerprint density at radius 1 is 1.29 bits per heavy atom. The van der Waals surface area contributed by atoms with Crippen LogP contribution in [0.5, 0.6) is 0 Å². The van der Waals surface area contributed by atoms with Crippen LogP contribution in [0.1, 0.15) is 38.2 Å². The van der Waals surface area contributed by atoms with Crippen molar-refractivity contribution in [3.8, 4) is 0 Å². The zero-order chi connectivity index (χ0) is 15.1. The molecule has 118 valence electrons. The second kappa shape index (κ2) is 7.87. The van der Waals surface area contributed by atoms with Crippen LogP contribution in [-0.2, 0) is 16.6 Å². The van der Waals surface area contributed by atoms with Crippen LogP contribution < -0.4 is 5.32 Å². The van der Waals surface area contributed by atoms with Gasteiger partial charge in [-0.05, 0) is 37.0 Å². The Balaban J connectivity index is 1.75. The molecule has 1 fully saturated rings. The average molecular weight is 311 g/mol. The number of hydrogen-bond donors (Lipinski definition) is 1. The molecule has 0 bridgehead atoms. The maximum Gasteiger partial charge on any atom is 0.214 e. The molecule has 0 amide bonds. The number of rotatable bonds is 7. The number of sulfonamides is 1. The van der Waals surface area contributed by atoms with Crippen LogP contribution in [0.15, 0.2) is 24.5 Å². The molecule has 1 aliphatic rings. The third-order valence-electron chi connectivity index (χ3n) is 3.95. The molecule has 0 aliphatic carbocycles. The van der Waals surface area contributed by atoms with Gasteiger partial charge in [0.15, 0.2) is 0 Å². The summed E-state index contributed by atoms with van der Waals surface area (Å²) in [4.78, 5) is 4.00. The molecule has 2 rings (SSSR count). The van der Waals surface area contributed by atoms with Crippen LogP contribution in [-0.4, -0.2) is 42.6 Å². The summed E-state index contributed by atoms with van der Waals surface area (Å²) in [5, 5.41) is 3.50. The van der Waals surface area contributed by atoms with Crippen molar-refractivity contribution in [2.45, 2.75) is 45.2 Å². The fourth-order valence-electron chi connectivity index (χ4n) is 2.56. The molecule has 0 atom stereocenters. The molecular weight excluding hydrogens is 286 g/mol. The highest BCUT2D eigenvalue weighted by molar-refractivity contribution is 7.89. The summed E-state index contributed by atoms with van der Waals surface area (Å²) in [6, 6.07) is 4.39. The number of pyridine rings is 1. The van der Waals surface area contributed by atoms with E-state index in [0.717, 1.165) is 32.2 Å². The summed E-state index contributed by atoms with van der Waals surface area (Å²) < 4.78 is 25.9. The van der Waals surface area contributed by atoms with Gasteiger partial charge in [-0.1, -0.05) is 13.3 Å². The predicted octanol–water partition coefficient (Wildman–Crippen LogP) is 1.77. The van der Waals surface area contributed by atoms with E-state index in [2.05, 4.69) is 10.3 Å². The van der Waals surface area contributed by atoms with Gasteiger partial charge in [0.1, 0.15) is 0 Å². The lowest BCUT2D eigenvalue weighted by Gasteiger charge is -2.31. The van der Waals surface area contributed by atoms with Crippen LogP contribution >= 0.6 is 0 Å². The zero-order valence-corrected chi connectivity index (χ0v) is 13.5. The number of hydrogen-bond acceptors (Lipinski definition) is 4. The van der Waals surface area contributed by atoms with Crippen molar-refractivity contribution in [2.24, 2.45) is 0 Å². The summed E-state index contributed by atoms with van der Waals surface area (Å²) in [7, 11) is -3.04. The second-order valence-electron chi connectivity index (χ2n) is 5.58. The normalized spacial score (nSPS) is 18.0. The molecule has 6 heteroatoms. The third-order valence-corrected chi connectivity index (χ3v) is 5.90. The van der Waals surface area contributed by atoms with Gasteiger partial charge < -0.3 is 5.32 Å². The molecule has 1 N–H and O–H groups in total. The molecule has 1 saturated heterocycles. The lowest BCUT2D eigenvalue weighted by atomic mass is 10.1. The van der Waals surface area contributed by atoms with Crippen LogP contribution in [0.3, 0.4) is 0 Å². The smallest absolute Gasteiger partial charge is 0.214 e. The molecule has 1 aromatic heterocycles. The second-order valence-corrected chi connectivity index (χ2v) is 7.67. The maximum absolute atomic E-state index is 12.1. The minimum atomic E-state index is -3.04. The molecule has 0 saturated carbocycles. The minimum absolute atomic E-state index is 0.290. The van der Waals surface area contributed by atoms with E-state index in [1.165, 1.54) is 5.56 Å². The first-order chi connectivity index (χ1) is 10.1. The van der Waals surface area contributed by atoms with Gasteiger partial charge in [-0.25, -0.2) is 12.7 Å². The number of aromatic nitrogens is 1. The average Bonchev–Trinajstić information content (AvgIpc) is 2.52. The quantitative estimate of drug-likeness (QED) is 0.833. The summed E-state index contributed by atoms with van der Waals surface area (Å²) in [5.41, 5.74) is 1.21. The minimum Gasteiger partial charge on any atom is -0.310 e. The molecular formula is C15H25N3O2S. The van der Waals surface area contributed by atoms with Crippen molar-refractivity contribution in [1.82, 2.24) is 14.6 Å². The summed E-state index contributed by atoms with van der Waals surface area (Å²) in [6.45, 7) is 4.11. The van der Waals surface area contributed by atoms with E-state index in [9.17, 15) is 8.42 Å². The van der Waals surface area contributed by atoms with Crippen LogP contribution in [0.2, 0.25) is 0 Å².